The summed E-state index contributed by atoms with van der Waals surface area (Å²) < 4.78 is 1.22. The molecule has 0 saturated heterocycles. The fraction of sp³-hybridized carbons (Fsp3) is 0.0769. The summed E-state index contributed by atoms with van der Waals surface area (Å²) >= 11 is 2.29. The van der Waals surface area contributed by atoms with Gasteiger partial charge in [-0.05, 0) is 65.4 Å². The molecule has 0 spiro atoms. The number of nitrogens with one attached hydrogen (secondary N) is 1. The minimum atomic E-state index is 0.776. The van der Waals surface area contributed by atoms with Crippen LogP contribution in [0.25, 0.3) is 0 Å². The number of hydrogen-bond acceptors (Lipinski definition) is 2. The number of benzene rings is 2. The van der Waals surface area contributed by atoms with Gasteiger partial charge in [0.2, 0.25) is 0 Å². The molecule has 0 aliphatic carbocycles. The average molecular weight is 324 g/mol. The fourth-order valence-corrected chi connectivity index (χ4v) is 1.90. The Labute approximate surface area is 109 Å². The van der Waals surface area contributed by atoms with E-state index >= 15 is 0 Å². The van der Waals surface area contributed by atoms with Gasteiger partial charge < -0.3 is 11.1 Å². The van der Waals surface area contributed by atoms with Gasteiger partial charge in [0.15, 0.2) is 0 Å². The van der Waals surface area contributed by atoms with Gasteiger partial charge in [-0.3, -0.25) is 0 Å². The number of rotatable bonds is 2. The highest BCUT2D eigenvalue weighted by Crippen LogP contribution is 2.26. The Morgan fingerprint density at radius 1 is 1.06 bits per heavy atom. The molecule has 0 fully saturated rings. The van der Waals surface area contributed by atoms with Crippen molar-refractivity contribution in [3.05, 3.63) is 51.6 Å². The second-order valence-corrected chi connectivity index (χ2v) is 4.92. The second-order valence-electron chi connectivity index (χ2n) is 3.67. The number of halogens is 1. The second kappa shape index (κ2) is 4.74. The van der Waals surface area contributed by atoms with Crippen LogP contribution in [0, 0.1) is 10.5 Å². The van der Waals surface area contributed by atoms with Crippen molar-refractivity contribution in [3.63, 3.8) is 0 Å². The summed E-state index contributed by atoms with van der Waals surface area (Å²) in [4.78, 5) is 0. The van der Waals surface area contributed by atoms with Gasteiger partial charge in [-0.15, -0.1) is 0 Å². The minimum Gasteiger partial charge on any atom is -0.397 e. The molecule has 3 N–H and O–H groups in total. The van der Waals surface area contributed by atoms with Crippen molar-refractivity contribution in [1.82, 2.24) is 0 Å². The summed E-state index contributed by atoms with van der Waals surface area (Å²) in [6.45, 7) is 2.05. The Morgan fingerprint density at radius 2 is 1.75 bits per heavy atom. The van der Waals surface area contributed by atoms with Crippen LogP contribution in [0.4, 0.5) is 17.1 Å². The molecule has 0 aliphatic heterocycles. The SMILES string of the molecule is Cc1cccc(N)c1Nc1ccc(I)cc1. The zero-order valence-corrected chi connectivity index (χ0v) is 11.2. The molecule has 0 atom stereocenters. The molecule has 2 aromatic rings. The molecule has 3 heteroatoms. The number of nitrogens with two attached hydrogens (primary N) is 1. The first-order chi connectivity index (χ1) is 7.66. The Hall–Kier alpha value is -1.23. The smallest absolute Gasteiger partial charge is 0.0647 e. The number of para-hydroxylation sites is 1. The van der Waals surface area contributed by atoms with Gasteiger partial charge in [0, 0.05) is 9.26 Å². The summed E-state index contributed by atoms with van der Waals surface area (Å²) in [5, 5.41) is 3.34. The van der Waals surface area contributed by atoms with Crippen molar-refractivity contribution in [1.29, 1.82) is 0 Å². The summed E-state index contributed by atoms with van der Waals surface area (Å²) in [5.41, 5.74) is 9.91. The van der Waals surface area contributed by atoms with Gasteiger partial charge in [-0.2, -0.15) is 0 Å². The lowest BCUT2D eigenvalue weighted by atomic mass is 10.1. The Kier molecular flexibility index (Phi) is 3.33. The van der Waals surface area contributed by atoms with Crippen LogP contribution in [0.2, 0.25) is 0 Å². The maximum Gasteiger partial charge on any atom is 0.0647 e. The first-order valence-corrected chi connectivity index (χ1v) is 6.12. The topological polar surface area (TPSA) is 38.0 Å². The van der Waals surface area contributed by atoms with Crippen LogP contribution < -0.4 is 11.1 Å². The number of anilines is 3. The van der Waals surface area contributed by atoms with Crippen molar-refractivity contribution in [3.8, 4) is 0 Å². The first-order valence-electron chi connectivity index (χ1n) is 5.04. The molecule has 0 amide bonds. The Bertz CT molecular complexity index is 472. The van der Waals surface area contributed by atoms with E-state index in [0.717, 1.165) is 22.6 Å². The molecule has 0 aliphatic rings. The third-order valence-corrected chi connectivity index (χ3v) is 3.14. The van der Waals surface area contributed by atoms with Gasteiger partial charge in [0.1, 0.15) is 0 Å². The van der Waals surface area contributed by atoms with Gasteiger partial charge in [-0.1, -0.05) is 12.1 Å². The van der Waals surface area contributed by atoms with E-state index in [2.05, 4.69) is 40.0 Å². The lowest BCUT2D eigenvalue weighted by molar-refractivity contribution is 1.43. The van der Waals surface area contributed by atoms with E-state index in [1.807, 2.05) is 37.3 Å². The maximum atomic E-state index is 5.94. The Balaban J connectivity index is 2.30. The molecule has 0 heterocycles. The minimum absolute atomic E-state index is 0.776. The van der Waals surface area contributed by atoms with Crippen LogP contribution in [0.1, 0.15) is 5.56 Å². The number of aryl methyl sites for hydroxylation is 1. The summed E-state index contributed by atoms with van der Waals surface area (Å²) in [6.07, 6.45) is 0. The van der Waals surface area contributed by atoms with Crippen LogP contribution in [-0.4, -0.2) is 0 Å². The largest absolute Gasteiger partial charge is 0.397 e. The maximum absolute atomic E-state index is 5.94. The molecule has 2 nitrogen and oxygen atoms in total. The standard InChI is InChI=1S/C13H13IN2/c1-9-3-2-4-12(15)13(9)16-11-7-5-10(14)6-8-11/h2-8,16H,15H2,1H3. The van der Waals surface area contributed by atoms with E-state index in [1.165, 1.54) is 3.57 Å². The molecule has 2 aromatic carbocycles. The lowest BCUT2D eigenvalue weighted by Crippen LogP contribution is -1.98. The number of hydrogen-bond donors (Lipinski definition) is 2. The fourth-order valence-electron chi connectivity index (χ4n) is 1.54. The van der Waals surface area contributed by atoms with Crippen molar-refractivity contribution < 1.29 is 0 Å². The summed E-state index contributed by atoms with van der Waals surface area (Å²) in [5.74, 6) is 0. The van der Waals surface area contributed by atoms with Gasteiger partial charge in [0.25, 0.3) is 0 Å². The molecule has 0 saturated carbocycles. The van der Waals surface area contributed by atoms with E-state index in [4.69, 9.17) is 5.73 Å². The van der Waals surface area contributed by atoms with Crippen molar-refractivity contribution in [2.24, 2.45) is 0 Å². The molecule has 0 unspecified atom stereocenters. The normalized spacial score (nSPS) is 10.1. The van der Waals surface area contributed by atoms with E-state index in [-0.39, 0.29) is 0 Å². The van der Waals surface area contributed by atoms with E-state index < -0.39 is 0 Å². The van der Waals surface area contributed by atoms with Crippen LogP contribution >= 0.6 is 22.6 Å². The van der Waals surface area contributed by atoms with Crippen molar-refractivity contribution >= 4 is 39.7 Å². The molecular weight excluding hydrogens is 311 g/mol. The molecule has 2 rings (SSSR count). The molecule has 0 aromatic heterocycles. The van der Waals surface area contributed by atoms with Crippen LogP contribution in [0.15, 0.2) is 42.5 Å². The molecular formula is C13H13IN2. The summed E-state index contributed by atoms with van der Waals surface area (Å²) in [7, 11) is 0. The molecule has 0 bridgehead atoms. The lowest BCUT2D eigenvalue weighted by Gasteiger charge is -2.12. The quantitative estimate of drug-likeness (QED) is 0.649. The third kappa shape index (κ3) is 2.47. The van der Waals surface area contributed by atoms with Crippen molar-refractivity contribution in [2.45, 2.75) is 6.92 Å². The predicted molar refractivity (Wildman–Crippen MR) is 78.0 cm³/mol. The van der Waals surface area contributed by atoms with Gasteiger partial charge >= 0.3 is 0 Å². The highest BCUT2D eigenvalue weighted by molar-refractivity contribution is 14.1. The highest BCUT2D eigenvalue weighted by atomic mass is 127. The highest BCUT2D eigenvalue weighted by Gasteiger charge is 2.02. The third-order valence-electron chi connectivity index (χ3n) is 2.42. The van der Waals surface area contributed by atoms with E-state index in [1.54, 1.807) is 0 Å². The predicted octanol–water partition coefficient (Wildman–Crippen LogP) is 3.93. The number of nitrogen functional groups attached to an aromatic ring is 1. The van der Waals surface area contributed by atoms with Crippen LogP contribution in [0.5, 0.6) is 0 Å². The van der Waals surface area contributed by atoms with Crippen LogP contribution in [0.3, 0.4) is 0 Å². The zero-order chi connectivity index (χ0) is 11.5. The first kappa shape index (κ1) is 11.3. The monoisotopic (exact) mass is 324 g/mol. The van der Waals surface area contributed by atoms with Gasteiger partial charge in [0.05, 0.1) is 11.4 Å². The van der Waals surface area contributed by atoms with Crippen molar-refractivity contribution in [2.75, 3.05) is 11.1 Å². The average Bonchev–Trinajstić information content (AvgIpc) is 2.26. The molecule has 82 valence electrons. The van der Waals surface area contributed by atoms with E-state index in [9.17, 15) is 0 Å². The van der Waals surface area contributed by atoms with Gasteiger partial charge in [-0.25, -0.2) is 0 Å². The van der Waals surface area contributed by atoms with Crippen LogP contribution in [-0.2, 0) is 0 Å². The van der Waals surface area contributed by atoms with E-state index in [0.29, 0.717) is 0 Å². The molecule has 16 heavy (non-hydrogen) atoms. The zero-order valence-electron chi connectivity index (χ0n) is 9.00. The molecule has 0 radical (unpaired) electrons. The Morgan fingerprint density at radius 3 is 2.38 bits per heavy atom. The summed E-state index contributed by atoms with van der Waals surface area (Å²) in [6, 6.07) is 14.1.